The molecule has 0 atom stereocenters. The molecule has 148 valence electrons. The van der Waals surface area contributed by atoms with Crippen molar-refractivity contribution >= 4 is 23.3 Å². The Morgan fingerprint density at radius 3 is 2.04 bits per heavy atom. The molecule has 0 radical (unpaired) electrons. The first-order valence-electron chi connectivity index (χ1n) is 9.36. The molecule has 1 heterocycles. The molecular weight excluding hydrogens is 388 g/mol. The number of hydrogen-bond acceptors (Lipinski definition) is 6. The van der Waals surface area contributed by atoms with E-state index in [2.05, 4.69) is 32.1 Å². The molecule has 4 nitrogen and oxygen atoms in total. The Hall–Kier alpha value is -2.05. The van der Waals surface area contributed by atoms with Crippen molar-refractivity contribution in [2.24, 2.45) is 0 Å². The summed E-state index contributed by atoms with van der Waals surface area (Å²) in [5.41, 5.74) is 4.87. The van der Waals surface area contributed by atoms with Crippen LogP contribution in [0.3, 0.4) is 0 Å². The minimum atomic E-state index is 0.272. The second-order valence-electron chi connectivity index (χ2n) is 7.70. The molecule has 0 fully saturated rings. The standard InChI is InChI=1S/C22H26N2O2S2/c1-11(2)15-9-18(25)13(5)7-17(15)21-23-22(24-28-21)27-20-8-14(6)19(26)10-16(20)12(3)4/h7-12,25-26H,1-6H3. The van der Waals surface area contributed by atoms with Crippen LogP contribution in [0.4, 0.5) is 0 Å². The second kappa shape index (κ2) is 8.13. The highest BCUT2D eigenvalue weighted by Crippen LogP contribution is 2.39. The van der Waals surface area contributed by atoms with Gasteiger partial charge in [0.25, 0.3) is 0 Å². The van der Waals surface area contributed by atoms with Crippen LogP contribution in [0, 0.1) is 13.8 Å². The van der Waals surface area contributed by atoms with E-state index in [4.69, 9.17) is 4.98 Å². The zero-order valence-electron chi connectivity index (χ0n) is 17.1. The van der Waals surface area contributed by atoms with E-state index in [-0.39, 0.29) is 5.92 Å². The van der Waals surface area contributed by atoms with Crippen LogP contribution >= 0.6 is 23.3 Å². The summed E-state index contributed by atoms with van der Waals surface area (Å²) in [5.74, 6) is 1.20. The third kappa shape index (κ3) is 4.18. The van der Waals surface area contributed by atoms with Gasteiger partial charge in [0.05, 0.1) is 0 Å². The first-order valence-corrected chi connectivity index (χ1v) is 10.9. The van der Waals surface area contributed by atoms with E-state index >= 15 is 0 Å². The van der Waals surface area contributed by atoms with Gasteiger partial charge in [0.1, 0.15) is 16.5 Å². The van der Waals surface area contributed by atoms with E-state index in [9.17, 15) is 10.2 Å². The van der Waals surface area contributed by atoms with Crippen LogP contribution in [0.15, 0.2) is 34.3 Å². The number of hydrogen-bond donors (Lipinski definition) is 2. The SMILES string of the molecule is Cc1cc(Sc2nsc(-c3cc(C)c(O)cc3C(C)C)n2)c(C(C)C)cc1O. The number of nitrogens with zero attached hydrogens (tertiary/aromatic N) is 2. The number of aryl methyl sites for hydroxylation is 2. The molecule has 3 aromatic rings. The van der Waals surface area contributed by atoms with Gasteiger partial charge in [-0.1, -0.05) is 27.7 Å². The number of benzene rings is 2. The van der Waals surface area contributed by atoms with Crippen molar-refractivity contribution in [3.63, 3.8) is 0 Å². The van der Waals surface area contributed by atoms with Gasteiger partial charge < -0.3 is 10.2 Å². The van der Waals surface area contributed by atoms with E-state index in [1.807, 2.05) is 38.1 Å². The maximum Gasteiger partial charge on any atom is 0.205 e. The summed E-state index contributed by atoms with van der Waals surface area (Å²) in [6.45, 7) is 12.2. The van der Waals surface area contributed by atoms with Gasteiger partial charge in [-0.15, -0.1) is 0 Å². The quantitative estimate of drug-likeness (QED) is 0.490. The molecular formula is C22H26N2O2S2. The minimum absolute atomic E-state index is 0.272. The molecule has 3 rings (SSSR count). The number of aromatic hydroxyl groups is 2. The van der Waals surface area contributed by atoms with Crippen LogP contribution in [-0.4, -0.2) is 19.6 Å². The molecule has 2 N–H and O–H groups in total. The van der Waals surface area contributed by atoms with Gasteiger partial charge in [-0.3, -0.25) is 0 Å². The van der Waals surface area contributed by atoms with Gasteiger partial charge in [0.2, 0.25) is 5.16 Å². The average molecular weight is 415 g/mol. The van der Waals surface area contributed by atoms with Gasteiger partial charge in [0, 0.05) is 10.5 Å². The lowest BCUT2D eigenvalue weighted by Crippen LogP contribution is -1.94. The molecule has 0 saturated carbocycles. The molecule has 2 aromatic carbocycles. The molecule has 0 aliphatic heterocycles. The Morgan fingerprint density at radius 1 is 0.857 bits per heavy atom. The van der Waals surface area contributed by atoms with Crippen LogP contribution in [0.2, 0.25) is 0 Å². The highest BCUT2D eigenvalue weighted by molar-refractivity contribution is 7.99. The van der Waals surface area contributed by atoms with Crippen molar-refractivity contribution in [1.29, 1.82) is 0 Å². The number of aromatic nitrogens is 2. The van der Waals surface area contributed by atoms with Crippen LogP contribution < -0.4 is 0 Å². The summed E-state index contributed by atoms with van der Waals surface area (Å²) in [6.07, 6.45) is 0. The summed E-state index contributed by atoms with van der Waals surface area (Å²) in [6, 6.07) is 7.67. The first-order chi connectivity index (χ1) is 13.2. The maximum atomic E-state index is 10.1. The lowest BCUT2D eigenvalue weighted by Gasteiger charge is -2.13. The molecule has 0 aliphatic rings. The Bertz CT molecular complexity index is 1010. The highest BCUT2D eigenvalue weighted by Gasteiger charge is 2.18. The van der Waals surface area contributed by atoms with Crippen LogP contribution in [-0.2, 0) is 0 Å². The van der Waals surface area contributed by atoms with E-state index < -0.39 is 0 Å². The van der Waals surface area contributed by atoms with Crippen molar-refractivity contribution in [3.8, 4) is 22.1 Å². The summed E-state index contributed by atoms with van der Waals surface area (Å²) in [4.78, 5) is 5.84. The highest BCUT2D eigenvalue weighted by atomic mass is 32.2. The fourth-order valence-corrected chi connectivity index (χ4v) is 4.97. The van der Waals surface area contributed by atoms with E-state index in [1.165, 1.54) is 23.3 Å². The lowest BCUT2D eigenvalue weighted by molar-refractivity contribution is 0.469. The van der Waals surface area contributed by atoms with Crippen molar-refractivity contribution in [3.05, 3.63) is 46.5 Å². The van der Waals surface area contributed by atoms with Crippen molar-refractivity contribution in [1.82, 2.24) is 9.36 Å². The smallest absolute Gasteiger partial charge is 0.205 e. The molecule has 1 aromatic heterocycles. The first kappa shape index (κ1) is 20.7. The zero-order valence-corrected chi connectivity index (χ0v) is 18.7. The third-order valence-corrected chi connectivity index (χ3v) is 6.58. The molecule has 0 bridgehead atoms. The third-order valence-electron chi connectivity index (χ3n) is 4.78. The van der Waals surface area contributed by atoms with Crippen LogP contribution in [0.25, 0.3) is 10.6 Å². The molecule has 0 unspecified atom stereocenters. The largest absolute Gasteiger partial charge is 0.508 e. The Kier molecular flexibility index (Phi) is 6.01. The monoisotopic (exact) mass is 414 g/mol. The molecule has 0 spiro atoms. The van der Waals surface area contributed by atoms with Gasteiger partial charge >= 0.3 is 0 Å². The summed E-state index contributed by atoms with van der Waals surface area (Å²) in [7, 11) is 0. The predicted octanol–water partition coefficient (Wildman–Crippen LogP) is 6.63. The van der Waals surface area contributed by atoms with E-state index in [0.717, 1.165) is 37.7 Å². The lowest BCUT2D eigenvalue weighted by atomic mass is 9.95. The van der Waals surface area contributed by atoms with Crippen molar-refractivity contribution in [2.75, 3.05) is 0 Å². The molecule has 0 aliphatic carbocycles. The fraction of sp³-hybridized carbons (Fsp3) is 0.364. The van der Waals surface area contributed by atoms with Gasteiger partial charge in [-0.2, -0.15) is 4.37 Å². The predicted molar refractivity (Wildman–Crippen MR) is 117 cm³/mol. The molecule has 0 amide bonds. The average Bonchev–Trinajstić information content (AvgIpc) is 3.07. The Labute approximate surface area is 174 Å². The van der Waals surface area contributed by atoms with E-state index in [1.54, 1.807) is 0 Å². The summed E-state index contributed by atoms with van der Waals surface area (Å²) < 4.78 is 4.56. The van der Waals surface area contributed by atoms with Gasteiger partial charge in [-0.05, 0) is 95.5 Å². The normalized spacial score (nSPS) is 11.6. The zero-order chi connectivity index (χ0) is 20.6. The van der Waals surface area contributed by atoms with Crippen molar-refractivity contribution in [2.45, 2.75) is 63.4 Å². The molecule has 28 heavy (non-hydrogen) atoms. The Morgan fingerprint density at radius 2 is 1.43 bits per heavy atom. The van der Waals surface area contributed by atoms with Gasteiger partial charge in [0.15, 0.2) is 0 Å². The van der Waals surface area contributed by atoms with E-state index in [0.29, 0.717) is 22.6 Å². The second-order valence-corrected chi connectivity index (χ2v) is 9.46. The Balaban J connectivity index is 1.99. The number of phenolic OH excluding ortho intramolecular Hbond substituents is 2. The summed E-state index contributed by atoms with van der Waals surface area (Å²) >= 11 is 2.91. The van der Waals surface area contributed by atoms with Gasteiger partial charge in [-0.25, -0.2) is 4.98 Å². The number of phenols is 2. The van der Waals surface area contributed by atoms with Crippen LogP contribution in [0.5, 0.6) is 11.5 Å². The minimum Gasteiger partial charge on any atom is -0.508 e. The summed E-state index contributed by atoms with van der Waals surface area (Å²) in [5, 5.41) is 21.7. The van der Waals surface area contributed by atoms with Crippen LogP contribution in [0.1, 0.15) is 61.8 Å². The molecule has 6 heteroatoms. The van der Waals surface area contributed by atoms with Crippen molar-refractivity contribution < 1.29 is 10.2 Å². The fourth-order valence-electron chi connectivity index (χ4n) is 3.06. The molecule has 0 saturated heterocycles. The maximum absolute atomic E-state index is 10.1. The topological polar surface area (TPSA) is 66.2 Å². The number of rotatable bonds is 5.